The van der Waals surface area contributed by atoms with Gasteiger partial charge in [0.2, 0.25) is 0 Å². The van der Waals surface area contributed by atoms with Crippen LogP contribution in [0.2, 0.25) is 0 Å². The van der Waals surface area contributed by atoms with E-state index in [0.29, 0.717) is 17.8 Å². The van der Waals surface area contributed by atoms with Gasteiger partial charge in [0, 0.05) is 25.4 Å². The number of nitrogens with zero attached hydrogens (tertiary/aromatic N) is 3. The summed E-state index contributed by atoms with van der Waals surface area (Å²) in [4.78, 5) is 26.9. The Morgan fingerprint density at radius 3 is 2.57 bits per heavy atom. The zero-order valence-electron chi connectivity index (χ0n) is 16.4. The SMILES string of the molecule is CN(Cc1cnn(-c2ccccc2)c1)C(=O)c1ccccc1NC(=O)c1ccco1. The van der Waals surface area contributed by atoms with Gasteiger partial charge in [-0.3, -0.25) is 9.59 Å². The standard InChI is InChI=1S/C23H20N4O3/c1-26(15-17-14-24-27(16-17)18-8-3-2-4-9-18)23(29)19-10-5-6-11-20(19)25-22(28)21-12-7-13-30-21/h2-14,16H,15H2,1H3,(H,25,28). The summed E-state index contributed by atoms with van der Waals surface area (Å²) >= 11 is 0. The topological polar surface area (TPSA) is 80.4 Å². The summed E-state index contributed by atoms with van der Waals surface area (Å²) in [5.41, 5.74) is 2.67. The highest BCUT2D eigenvalue weighted by Crippen LogP contribution is 2.19. The third kappa shape index (κ3) is 4.15. The molecule has 0 saturated carbocycles. The second-order valence-corrected chi connectivity index (χ2v) is 6.77. The van der Waals surface area contributed by atoms with Gasteiger partial charge in [-0.2, -0.15) is 5.10 Å². The molecule has 4 rings (SSSR count). The Morgan fingerprint density at radius 2 is 1.80 bits per heavy atom. The maximum Gasteiger partial charge on any atom is 0.291 e. The molecular formula is C23H20N4O3. The first-order valence-corrected chi connectivity index (χ1v) is 9.40. The zero-order valence-corrected chi connectivity index (χ0v) is 16.4. The fourth-order valence-electron chi connectivity index (χ4n) is 3.09. The molecule has 0 atom stereocenters. The average molecular weight is 400 g/mol. The summed E-state index contributed by atoms with van der Waals surface area (Å²) < 4.78 is 6.89. The van der Waals surface area contributed by atoms with Crippen LogP contribution in [0.3, 0.4) is 0 Å². The van der Waals surface area contributed by atoms with Crippen molar-refractivity contribution in [3.63, 3.8) is 0 Å². The van der Waals surface area contributed by atoms with E-state index >= 15 is 0 Å². The molecule has 0 bridgehead atoms. The Morgan fingerprint density at radius 1 is 1.03 bits per heavy atom. The Labute approximate surface area is 173 Å². The highest BCUT2D eigenvalue weighted by atomic mass is 16.3. The lowest BCUT2D eigenvalue weighted by molar-refractivity contribution is 0.0786. The van der Waals surface area contributed by atoms with Gasteiger partial charge in [-0.25, -0.2) is 4.68 Å². The molecule has 0 radical (unpaired) electrons. The third-order valence-corrected chi connectivity index (χ3v) is 4.57. The average Bonchev–Trinajstić information content (AvgIpc) is 3.47. The van der Waals surface area contributed by atoms with Crippen molar-refractivity contribution >= 4 is 17.5 Å². The van der Waals surface area contributed by atoms with E-state index < -0.39 is 5.91 Å². The number of benzene rings is 2. The van der Waals surface area contributed by atoms with Crippen LogP contribution in [0.1, 0.15) is 26.5 Å². The smallest absolute Gasteiger partial charge is 0.291 e. The summed E-state index contributed by atoms with van der Waals surface area (Å²) in [6, 6.07) is 19.9. The first kappa shape index (κ1) is 19.2. The molecule has 0 spiro atoms. The molecule has 4 aromatic rings. The van der Waals surface area contributed by atoms with Crippen LogP contribution in [0.4, 0.5) is 5.69 Å². The monoisotopic (exact) mass is 400 g/mol. The Balaban J connectivity index is 1.48. The summed E-state index contributed by atoms with van der Waals surface area (Å²) in [5.74, 6) is -0.441. The molecule has 2 aromatic heterocycles. The van der Waals surface area contributed by atoms with E-state index in [1.807, 2.05) is 36.5 Å². The predicted molar refractivity (Wildman–Crippen MR) is 112 cm³/mol. The van der Waals surface area contributed by atoms with Crippen LogP contribution in [0.15, 0.2) is 89.8 Å². The minimum absolute atomic E-state index is 0.180. The summed E-state index contributed by atoms with van der Waals surface area (Å²) in [7, 11) is 1.72. The maximum atomic E-state index is 13.0. The number of amides is 2. The van der Waals surface area contributed by atoms with Gasteiger partial charge in [0.1, 0.15) is 0 Å². The van der Waals surface area contributed by atoms with E-state index in [9.17, 15) is 9.59 Å². The quantitative estimate of drug-likeness (QED) is 0.531. The molecular weight excluding hydrogens is 380 g/mol. The van der Waals surface area contributed by atoms with E-state index in [2.05, 4.69) is 10.4 Å². The highest BCUT2D eigenvalue weighted by Gasteiger charge is 2.19. The van der Waals surface area contributed by atoms with E-state index in [4.69, 9.17) is 4.42 Å². The van der Waals surface area contributed by atoms with Crippen molar-refractivity contribution in [3.05, 3.63) is 102 Å². The number of hydrogen-bond acceptors (Lipinski definition) is 4. The number of anilines is 1. The Bertz CT molecular complexity index is 1150. The fourth-order valence-corrected chi connectivity index (χ4v) is 3.09. The van der Waals surface area contributed by atoms with Gasteiger partial charge in [0.15, 0.2) is 5.76 Å². The normalized spacial score (nSPS) is 10.6. The molecule has 0 aliphatic heterocycles. The highest BCUT2D eigenvalue weighted by molar-refractivity contribution is 6.07. The van der Waals surface area contributed by atoms with Crippen molar-refractivity contribution in [3.8, 4) is 5.69 Å². The number of furan rings is 1. The lowest BCUT2D eigenvalue weighted by atomic mass is 10.1. The molecule has 30 heavy (non-hydrogen) atoms. The number of carbonyl (C=O) groups excluding carboxylic acids is 2. The molecule has 1 N–H and O–H groups in total. The predicted octanol–water partition coefficient (Wildman–Crippen LogP) is 3.99. The van der Waals surface area contributed by atoms with Gasteiger partial charge >= 0.3 is 0 Å². The minimum atomic E-state index is -0.410. The second-order valence-electron chi connectivity index (χ2n) is 6.77. The summed E-state index contributed by atoms with van der Waals surface area (Å²) in [6.45, 7) is 0.381. The van der Waals surface area contributed by atoms with Crippen LogP contribution in [-0.2, 0) is 6.54 Å². The molecule has 2 heterocycles. The molecule has 150 valence electrons. The Kier molecular flexibility index (Phi) is 5.43. The lowest BCUT2D eigenvalue weighted by Gasteiger charge is -2.18. The molecule has 0 aliphatic rings. The van der Waals surface area contributed by atoms with Crippen molar-refractivity contribution < 1.29 is 14.0 Å². The number of para-hydroxylation sites is 2. The van der Waals surface area contributed by atoms with Crippen molar-refractivity contribution in [1.29, 1.82) is 0 Å². The zero-order chi connectivity index (χ0) is 20.9. The van der Waals surface area contributed by atoms with Crippen LogP contribution < -0.4 is 5.32 Å². The van der Waals surface area contributed by atoms with Crippen molar-refractivity contribution in [2.75, 3.05) is 12.4 Å². The van der Waals surface area contributed by atoms with Gasteiger partial charge in [-0.15, -0.1) is 0 Å². The first-order chi connectivity index (χ1) is 14.6. The van der Waals surface area contributed by atoms with Crippen LogP contribution in [0, 0.1) is 0 Å². The summed E-state index contributed by atoms with van der Waals surface area (Å²) in [6.07, 6.45) is 5.06. The van der Waals surface area contributed by atoms with E-state index in [-0.39, 0.29) is 11.7 Å². The van der Waals surface area contributed by atoms with Gasteiger partial charge in [0.05, 0.1) is 29.4 Å². The number of rotatable bonds is 6. The number of nitrogens with one attached hydrogen (secondary N) is 1. The van der Waals surface area contributed by atoms with Crippen LogP contribution >= 0.6 is 0 Å². The maximum absolute atomic E-state index is 13.0. The molecule has 0 unspecified atom stereocenters. The van der Waals surface area contributed by atoms with E-state index in [1.165, 1.54) is 6.26 Å². The minimum Gasteiger partial charge on any atom is -0.459 e. The van der Waals surface area contributed by atoms with Crippen LogP contribution in [-0.4, -0.2) is 33.5 Å². The van der Waals surface area contributed by atoms with Crippen molar-refractivity contribution in [2.45, 2.75) is 6.54 Å². The number of aromatic nitrogens is 2. The fraction of sp³-hybridized carbons (Fsp3) is 0.0870. The second kappa shape index (κ2) is 8.48. The van der Waals surface area contributed by atoms with E-state index in [1.54, 1.807) is 59.2 Å². The molecule has 0 saturated heterocycles. The van der Waals surface area contributed by atoms with Gasteiger partial charge in [-0.05, 0) is 36.4 Å². The molecule has 2 aromatic carbocycles. The number of carbonyl (C=O) groups is 2. The molecule has 2 amide bonds. The van der Waals surface area contributed by atoms with Gasteiger partial charge < -0.3 is 14.6 Å². The first-order valence-electron chi connectivity index (χ1n) is 9.40. The molecule has 0 fully saturated rings. The van der Waals surface area contributed by atoms with Crippen LogP contribution in [0.5, 0.6) is 0 Å². The largest absolute Gasteiger partial charge is 0.459 e. The van der Waals surface area contributed by atoms with E-state index in [0.717, 1.165) is 11.3 Å². The summed E-state index contributed by atoms with van der Waals surface area (Å²) in [5, 5.41) is 7.11. The molecule has 7 nitrogen and oxygen atoms in total. The molecule has 7 heteroatoms. The number of hydrogen-bond donors (Lipinski definition) is 1. The van der Waals surface area contributed by atoms with Crippen LogP contribution in [0.25, 0.3) is 5.69 Å². The molecule has 0 aliphatic carbocycles. The van der Waals surface area contributed by atoms with Crippen molar-refractivity contribution in [2.24, 2.45) is 0 Å². The Hall–Kier alpha value is -4.13. The third-order valence-electron chi connectivity index (χ3n) is 4.57. The van der Waals surface area contributed by atoms with Crippen molar-refractivity contribution in [1.82, 2.24) is 14.7 Å². The lowest BCUT2D eigenvalue weighted by Crippen LogP contribution is -2.27. The van der Waals surface area contributed by atoms with Gasteiger partial charge in [-0.1, -0.05) is 30.3 Å². The van der Waals surface area contributed by atoms with Gasteiger partial charge in [0.25, 0.3) is 11.8 Å².